The van der Waals surface area contributed by atoms with E-state index in [4.69, 9.17) is 26.8 Å². The fraction of sp³-hybridized carbons (Fsp3) is 0.500. The monoisotopic (exact) mass is 355 g/mol. The minimum atomic E-state index is -0.0164. The van der Waals surface area contributed by atoms with Crippen molar-refractivity contribution in [2.45, 2.75) is 26.4 Å². The molecule has 0 unspecified atom stereocenters. The zero-order valence-electron chi connectivity index (χ0n) is 15.1. The number of benzene rings is 1. The van der Waals surface area contributed by atoms with E-state index in [9.17, 15) is 0 Å². The van der Waals surface area contributed by atoms with Crippen LogP contribution in [0, 0.1) is 0 Å². The van der Waals surface area contributed by atoms with Crippen molar-refractivity contribution in [2.75, 3.05) is 26.9 Å². The van der Waals surface area contributed by atoms with E-state index in [1.807, 2.05) is 55.9 Å². The number of nitrogens with two attached hydrogens (primary N) is 1. The van der Waals surface area contributed by atoms with Crippen molar-refractivity contribution < 1.29 is 9.47 Å². The van der Waals surface area contributed by atoms with Crippen LogP contribution in [0.4, 0.5) is 0 Å². The summed E-state index contributed by atoms with van der Waals surface area (Å²) in [4.78, 5) is 3.78. The van der Waals surface area contributed by atoms with E-state index < -0.39 is 0 Å². The Bertz CT molecular complexity index is 489. The van der Waals surface area contributed by atoms with E-state index in [0.29, 0.717) is 19.8 Å². The van der Waals surface area contributed by atoms with Crippen LogP contribution in [0.5, 0.6) is 0 Å². The zero-order valence-corrected chi connectivity index (χ0v) is 15.9. The van der Waals surface area contributed by atoms with Crippen molar-refractivity contribution in [2.24, 2.45) is 12.8 Å². The largest absolute Gasteiger partial charge is 0.382 e. The van der Waals surface area contributed by atoms with Crippen molar-refractivity contribution >= 4 is 11.6 Å². The number of methoxy groups -OCH3 is 1. The molecule has 136 valence electrons. The summed E-state index contributed by atoms with van der Waals surface area (Å²) in [7, 11) is 3.58. The molecule has 0 saturated carbocycles. The van der Waals surface area contributed by atoms with Crippen LogP contribution >= 0.6 is 11.6 Å². The fourth-order valence-electron chi connectivity index (χ4n) is 1.69. The lowest BCUT2D eigenvalue weighted by Crippen LogP contribution is -2.29. The summed E-state index contributed by atoms with van der Waals surface area (Å²) in [6.45, 7) is 5.67. The number of hydrogen-bond donors (Lipinski definition) is 1. The summed E-state index contributed by atoms with van der Waals surface area (Å²) < 4.78 is 12.5. The highest BCUT2D eigenvalue weighted by Crippen LogP contribution is 2.10. The molecule has 5 nitrogen and oxygen atoms in total. The quantitative estimate of drug-likeness (QED) is 0.827. The van der Waals surface area contributed by atoms with Crippen LogP contribution in [0.15, 0.2) is 43.0 Å². The van der Waals surface area contributed by atoms with Gasteiger partial charge in [-0.25, -0.2) is 4.98 Å². The van der Waals surface area contributed by atoms with Gasteiger partial charge < -0.3 is 19.8 Å². The lowest BCUT2D eigenvalue weighted by atomic mass is 10.2. The third-order valence-corrected chi connectivity index (χ3v) is 3.16. The molecule has 0 spiro atoms. The van der Waals surface area contributed by atoms with Gasteiger partial charge in [0, 0.05) is 38.1 Å². The Morgan fingerprint density at radius 1 is 1.25 bits per heavy atom. The number of ether oxygens (including phenoxy) is 2. The van der Waals surface area contributed by atoms with Gasteiger partial charge in [-0.1, -0.05) is 37.6 Å². The average Bonchev–Trinajstić information content (AvgIpc) is 3.09. The normalized spacial score (nSPS) is 10.9. The maximum absolute atomic E-state index is 5.80. The SMILES string of the molecule is CC.COC[C@@H](CN)OCCc1ccc(Cl)cc1.Cn1ccnc1. The number of hydrogen-bond acceptors (Lipinski definition) is 4. The minimum absolute atomic E-state index is 0.0164. The van der Waals surface area contributed by atoms with Crippen molar-refractivity contribution in [3.63, 3.8) is 0 Å². The number of imidazole rings is 1. The molecule has 0 aliphatic carbocycles. The summed E-state index contributed by atoms with van der Waals surface area (Å²) in [5, 5.41) is 0.754. The molecule has 0 aliphatic heterocycles. The van der Waals surface area contributed by atoms with Gasteiger partial charge in [0.2, 0.25) is 0 Å². The van der Waals surface area contributed by atoms with Gasteiger partial charge in [-0.2, -0.15) is 0 Å². The van der Waals surface area contributed by atoms with E-state index in [1.54, 1.807) is 19.6 Å². The summed E-state index contributed by atoms with van der Waals surface area (Å²) in [5.41, 5.74) is 6.74. The first-order valence-electron chi connectivity index (χ1n) is 8.12. The van der Waals surface area contributed by atoms with E-state index in [-0.39, 0.29) is 6.10 Å². The lowest BCUT2D eigenvalue weighted by Gasteiger charge is -2.14. The molecule has 0 bridgehead atoms. The van der Waals surface area contributed by atoms with Crippen LogP contribution in [-0.2, 0) is 22.9 Å². The smallest absolute Gasteiger partial charge is 0.0943 e. The Kier molecular flexibility index (Phi) is 14.3. The summed E-state index contributed by atoms with van der Waals surface area (Å²) in [6.07, 6.45) is 6.23. The molecule has 0 fully saturated rings. The Labute approximate surface area is 150 Å². The molecule has 1 heterocycles. The van der Waals surface area contributed by atoms with Crippen LogP contribution in [-0.4, -0.2) is 42.5 Å². The number of aryl methyl sites for hydroxylation is 1. The van der Waals surface area contributed by atoms with Crippen LogP contribution in [0.1, 0.15) is 19.4 Å². The van der Waals surface area contributed by atoms with Crippen LogP contribution in [0.2, 0.25) is 5.02 Å². The molecule has 0 saturated heterocycles. The Morgan fingerprint density at radius 2 is 1.92 bits per heavy atom. The maximum atomic E-state index is 5.80. The third-order valence-electron chi connectivity index (χ3n) is 2.91. The second kappa shape index (κ2) is 15.1. The van der Waals surface area contributed by atoms with Gasteiger partial charge in [-0.3, -0.25) is 0 Å². The third kappa shape index (κ3) is 11.2. The van der Waals surface area contributed by atoms with Crippen molar-refractivity contribution in [1.29, 1.82) is 0 Å². The maximum Gasteiger partial charge on any atom is 0.0943 e. The van der Waals surface area contributed by atoms with E-state index in [1.165, 1.54) is 5.56 Å². The topological polar surface area (TPSA) is 62.3 Å². The van der Waals surface area contributed by atoms with Gasteiger partial charge in [0.25, 0.3) is 0 Å². The van der Waals surface area contributed by atoms with Crippen LogP contribution < -0.4 is 5.73 Å². The second-order valence-electron chi connectivity index (χ2n) is 4.79. The molecule has 0 radical (unpaired) electrons. The molecule has 2 N–H and O–H groups in total. The molecular formula is C18H30ClN3O2. The highest BCUT2D eigenvalue weighted by molar-refractivity contribution is 6.30. The predicted octanol–water partition coefficient (Wildman–Crippen LogP) is 3.32. The van der Waals surface area contributed by atoms with Crippen LogP contribution in [0.3, 0.4) is 0 Å². The summed E-state index contributed by atoms with van der Waals surface area (Å²) in [6, 6.07) is 7.76. The molecule has 1 atom stereocenters. The molecular weight excluding hydrogens is 326 g/mol. The van der Waals surface area contributed by atoms with Gasteiger partial charge in [-0.15, -0.1) is 0 Å². The van der Waals surface area contributed by atoms with E-state index in [2.05, 4.69) is 4.98 Å². The van der Waals surface area contributed by atoms with Crippen LogP contribution in [0.25, 0.3) is 0 Å². The molecule has 1 aromatic carbocycles. The number of rotatable bonds is 7. The first-order valence-corrected chi connectivity index (χ1v) is 8.50. The molecule has 24 heavy (non-hydrogen) atoms. The second-order valence-corrected chi connectivity index (χ2v) is 5.22. The molecule has 2 rings (SSSR count). The first-order chi connectivity index (χ1) is 11.7. The van der Waals surface area contributed by atoms with Gasteiger partial charge in [0.05, 0.1) is 25.6 Å². The highest BCUT2D eigenvalue weighted by Gasteiger charge is 2.05. The fourth-order valence-corrected chi connectivity index (χ4v) is 1.82. The zero-order chi connectivity index (χ0) is 18.2. The highest BCUT2D eigenvalue weighted by atomic mass is 35.5. The Balaban J connectivity index is 0.000000547. The van der Waals surface area contributed by atoms with Crippen molar-refractivity contribution in [3.05, 3.63) is 53.6 Å². The minimum Gasteiger partial charge on any atom is -0.382 e. The molecule has 1 aromatic heterocycles. The van der Waals surface area contributed by atoms with Crippen molar-refractivity contribution in [3.8, 4) is 0 Å². The van der Waals surface area contributed by atoms with E-state index >= 15 is 0 Å². The Hall–Kier alpha value is -1.40. The number of aromatic nitrogens is 2. The van der Waals surface area contributed by atoms with Gasteiger partial charge >= 0.3 is 0 Å². The van der Waals surface area contributed by atoms with Gasteiger partial charge in [0.15, 0.2) is 0 Å². The summed E-state index contributed by atoms with van der Waals surface area (Å²) in [5.74, 6) is 0. The molecule has 0 aliphatic rings. The standard InChI is InChI=1S/C12H18ClNO2.C4H6N2.C2H6/c1-15-9-12(8-14)16-7-6-10-2-4-11(13)5-3-10;1-6-3-2-5-4-6;1-2/h2-5,12H,6-9,14H2,1H3;2-4H,1H3;1-2H3/t12-;;/m1../s1. The van der Waals surface area contributed by atoms with Gasteiger partial charge in [-0.05, 0) is 24.1 Å². The average molecular weight is 356 g/mol. The molecule has 6 heteroatoms. The van der Waals surface area contributed by atoms with Crippen molar-refractivity contribution in [1.82, 2.24) is 9.55 Å². The summed E-state index contributed by atoms with van der Waals surface area (Å²) >= 11 is 5.80. The molecule has 0 amide bonds. The lowest BCUT2D eigenvalue weighted by molar-refractivity contribution is 0.00502. The first kappa shape index (κ1) is 22.6. The van der Waals surface area contributed by atoms with E-state index in [0.717, 1.165) is 11.4 Å². The Morgan fingerprint density at radius 3 is 2.33 bits per heavy atom. The molecule has 2 aromatic rings. The van der Waals surface area contributed by atoms with Gasteiger partial charge in [0.1, 0.15) is 0 Å². The predicted molar refractivity (Wildman–Crippen MR) is 100 cm³/mol. The number of halogens is 1. The number of nitrogens with zero attached hydrogens (tertiary/aromatic N) is 2.